The number of nitrogens with two attached hydrogens (primary N) is 7. The number of H-pyrrole nitrogens is 3. The molecule has 7 aromatic carbocycles. The molecule has 4 aliphatic rings. The first-order valence-electron chi connectivity index (χ1n) is 44.0. The lowest BCUT2D eigenvalue weighted by Gasteiger charge is -2.27. The Bertz CT molecular complexity index is 6450. The van der Waals surface area contributed by atoms with E-state index in [1.165, 1.54) is 25.7 Å². The highest BCUT2D eigenvalue weighted by Crippen LogP contribution is 2.42. The summed E-state index contributed by atoms with van der Waals surface area (Å²) in [6.45, 7) is 4.42. The van der Waals surface area contributed by atoms with Crippen LogP contribution in [-0.2, 0) is 14.8 Å². The summed E-state index contributed by atoms with van der Waals surface area (Å²) in [5, 5.41) is 22.9. The van der Waals surface area contributed by atoms with Crippen LogP contribution >= 0.6 is 23.2 Å². The summed E-state index contributed by atoms with van der Waals surface area (Å²) in [7, 11) is -3.56. The Morgan fingerprint density at radius 1 is 0.475 bits per heavy atom. The first kappa shape index (κ1) is 104. The van der Waals surface area contributed by atoms with Crippen molar-refractivity contribution < 1.29 is 77.2 Å². The molecular weight excluding hydrogens is 1870 g/mol. The SMILES string of the molecule is CS(=O)(=O)n1nc(C2CC2)nc1-c1ccc(OC/C(=C/F)CN)cc1.NC/C(=C\F)COc1ccc(-c2n[nH]c(C(N)=O)n2)cc1.NC/C(=C\F)COc1ccc(-c2n[nH]c(C3CCCC3)n2)cc1.NC/C(=C\F)COc1ccc(-c2nc(C3CC3)no2)c(Cl)c1.NC/C(=C\F)COc1ccc(-c2nc3ccc(Cl)cc3[nH]2)cc1.NC/C(=C\F)COc1ccc(-c2nccc(N3CCOCC3)n2)cc1. The third-order valence-electron chi connectivity index (χ3n) is 21.4. The van der Waals surface area contributed by atoms with Crippen LogP contribution in [0.1, 0.15) is 97.2 Å². The fourth-order valence-electron chi connectivity index (χ4n) is 13.1. The van der Waals surface area contributed by atoms with Crippen LogP contribution in [0.3, 0.4) is 0 Å². The number of fused-ring (bicyclic) bond motifs is 1. The van der Waals surface area contributed by atoms with E-state index in [1.807, 2.05) is 91.0 Å². The van der Waals surface area contributed by atoms with Gasteiger partial charge in [0.25, 0.3) is 21.8 Å². The molecule has 732 valence electrons. The van der Waals surface area contributed by atoms with E-state index in [0.717, 1.165) is 100 Å². The summed E-state index contributed by atoms with van der Waals surface area (Å²) in [4.78, 5) is 47.2. The van der Waals surface area contributed by atoms with Crippen LogP contribution in [0, 0.1) is 0 Å². The van der Waals surface area contributed by atoms with Crippen LogP contribution in [0.5, 0.6) is 34.5 Å². The van der Waals surface area contributed by atoms with Crippen molar-refractivity contribution in [1.29, 1.82) is 0 Å². The Labute approximate surface area is 806 Å². The molecule has 6 aromatic heterocycles. The maximum atomic E-state index is 12.5. The standard InChI is InChI=1S/C18H21FN4O2.C17H15ClFN3O.C17H21FN4O.C16H19FN4O3S.C15H15ClFN3O2.C13H14FN5O2/c19-11-14(12-20)13-25-16-3-1-15(2-4-16)18-21-6-5-17(22-18)23-7-9-24-10-8-23;18-13-3-6-15-16(7-13)22-17(21-15)12-1-4-14(5-2-12)23-10-11(8-19)9-20;18-9-12(10-19)11-23-15-7-5-14(6-8-15)17-20-16(21-22-17)13-3-1-2-4-13;1-25(22,23)21-16(19-15(20-21)12-2-3-12)13-4-6-14(7-5-13)24-10-11(8-17)9-18;16-13-5-11(21-8-9(6-17)7-18)3-4-12(13)15-19-14(20-22-15)10-1-2-10;14-5-8(6-15)7-21-10-3-1-9(2-4-10)12-17-13(11(16)20)19-18-12/h1-6,11H,7-10,12-13,20H2;1-8H,9-10,20H2,(H,21,22);5-9,13H,1-4,10-11,19H2,(H,20,21,22);4-8,12H,2-3,9-10,18H2,1H3;3-6,10H,1-2,7-8,18H2;1-5H,6-7,15H2,(H2,16,20)(H,17,18,19)/b14-11+;11-8+;12-9+;11-8+;9-6+;8-5+. The number of hydrogen-bond donors (Lipinski definition) is 10. The zero-order valence-electron chi connectivity index (χ0n) is 75.6. The highest BCUT2D eigenvalue weighted by molar-refractivity contribution is 7.89. The van der Waals surface area contributed by atoms with Crippen molar-refractivity contribution in [3.63, 3.8) is 0 Å². The number of amides is 1. The number of anilines is 1. The number of ether oxygens (including phenoxy) is 7. The molecule has 3 saturated carbocycles. The lowest BCUT2D eigenvalue weighted by molar-refractivity contribution is 0.0990. The topological polar surface area (TPSA) is 508 Å². The van der Waals surface area contributed by atoms with Crippen molar-refractivity contribution in [3.8, 4) is 103 Å². The minimum atomic E-state index is -3.56. The van der Waals surface area contributed by atoms with E-state index in [4.69, 9.17) is 101 Å². The van der Waals surface area contributed by atoms with Crippen molar-refractivity contribution in [3.05, 3.63) is 275 Å². The van der Waals surface area contributed by atoms with Crippen LogP contribution in [0.2, 0.25) is 10.0 Å². The molecule has 0 unspecified atom stereocenters. The van der Waals surface area contributed by atoms with Gasteiger partial charge in [0, 0.05) is 143 Å². The second kappa shape index (κ2) is 52.5. The first-order chi connectivity index (χ1) is 67.5. The number of aromatic nitrogens is 15. The van der Waals surface area contributed by atoms with Crippen molar-refractivity contribution in [1.82, 2.24) is 74.6 Å². The molecule has 13 aromatic rings. The fourth-order valence-corrected chi connectivity index (χ4v) is 14.2. The summed E-state index contributed by atoms with van der Waals surface area (Å²) in [6, 6.07) is 48.2. The van der Waals surface area contributed by atoms with Gasteiger partial charge < -0.3 is 87.7 Å². The van der Waals surface area contributed by atoms with Crippen molar-refractivity contribution in [2.45, 2.75) is 69.1 Å². The van der Waals surface area contributed by atoms with Gasteiger partial charge in [0.05, 0.1) is 79.1 Å². The number of carbonyl (C=O) groups excluding carboxylic acids is 1. The molecular formula is C96H105Cl2F6N23O11S. The molecule has 3 aliphatic carbocycles. The highest BCUT2D eigenvalue weighted by atomic mass is 35.5. The van der Waals surface area contributed by atoms with Crippen LogP contribution < -0.4 is 73.5 Å². The molecule has 43 heteroatoms. The summed E-state index contributed by atoms with van der Waals surface area (Å²) < 4.78 is 143. The Kier molecular flexibility index (Phi) is 39.3. The minimum absolute atomic E-state index is 0.00834. The van der Waals surface area contributed by atoms with Gasteiger partial charge in [-0.3, -0.25) is 15.0 Å². The number of nitrogens with one attached hydrogen (secondary N) is 3. The summed E-state index contributed by atoms with van der Waals surface area (Å²) >= 11 is 12.2. The third-order valence-corrected chi connectivity index (χ3v) is 22.8. The molecule has 0 atom stereocenters. The fraction of sp³-hybridized carbons (Fsp3) is 0.292. The van der Waals surface area contributed by atoms with Crippen LogP contribution in [0.15, 0.2) is 246 Å². The van der Waals surface area contributed by atoms with Gasteiger partial charge in [0.2, 0.25) is 5.82 Å². The van der Waals surface area contributed by atoms with Gasteiger partial charge in [-0.25, -0.2) is 64.7 Å². The van der Waals surface area contributed by atoms with E-state index in [-0.39, 0.29) is 96.5 Å². The van der Waals surface area contributed by atoms with Gasteiger partial charge in [-0.05, 0) is 202 Å². The number of benzene rings is 7. The van der Waals surface area contributed by atoms with Gasteiger partial charge >= 0.3 is 0 Å². The largest absolute Gasteiger partial charge is 0.489 e. The molecule has 139 heavy (non-hydrogen) atoms. The maximum absolute atomic E-state index is 12.5. The van der Waals surface area contributed by atoms with Crippen molar-refractivity contribution in [2.75, 3.05) is 116 Å². The van der Waals surface area contributed by atoms with E-state index >= 15 is 0 Å². The summed E-state index contributed by atoms with van der Waals surface area (Å²) in [6.07, 6.45) is 14.7. The Hall–Kier alpha value is -14.0. The van der Waals surface area contributed by atoms with Gasteiger partial charge in [-0.1, -0.05) is 41.2 Å². The summed E-state index contributed by atoms with van der Waals surface area (Å²) in [5.41, 5.74) is 46.1. The smallest absolute Gasteiger partial charge is 0.286 e. The molecule has 4 fully saturated rings. The maximum Gasteiger partial charge on any atom is 0.286 e. The second-order valence-corrected chi connectivity index (χ2v) is 34.4. The van der Waals surface area contributed by atoms with E-state index in [2.05, 4.69) is 75.4 Å². The van der Waals surface area contributed by atoms with Gasteiger partial charge in [-0.15, -0.1) is 9.19 Å². The third kappa shape index (κ3) is 31.0. The zero-order valence-corrected chi connectivity index (χ0v) is 77.9. The summed E-state index contributed by atoms with van der Waals surface area (Å²) in [5.74, 6) is 10.3. The molecule has 0 spiro atoms. The quantitative estimate of drug-likeness (QED) is 0.0163. The van der Waals surface area contributed by atoms with E-state index in [9.17, 15) is 39.6 Å². The number of imidazole rings is 1. The second-order valence-electron chi connectivity index (χ2n) is 31.7. The average Bonchev–Trinajstić information content (AvgIpc) is 1.63. The normalized spacial score (nSPS) is 14.3. The number of morpholine rings is 1. The zero-order chi connectivity index (χ0) is 98.6. The highest BCUT2D eigenvalue weighted by Gasteiger charge is 2.32. The Morgan fingerprint density at radius 2 is 0.906 bits per heavy atom. The predicted molar refractivity (Wildman–Crippen MR) is 517 cm³/mol. The van der Waals surface area contributed by atoms with E-state index in [1.54, 1.807) is 79.0 Å². The monoisotopic (exact) mass is 1970 g/mol. The number of halogens is 8. The lowest BCUT2D eigenvalue weighted by atomic mass is 10.1. The average molecular weight is 1970 g/mol. The molecule has 0 bridgehead atoms. The lowest BCUT2D eigenvalue weighted by Crippen LogP contribution is -2.36. The Balaban J connectivity index is 0.000000150. The molecule has 17 N–H and O–H groups in total. The van der Waals surface area contributed by atoms with Gasteiger partial charge in [-0.2, -0.15) is 15.2 Å². The molecule has 34 nitrogen and oxygen atoms in total. The molecule has 1 saturated heterocycles. The minimum Gasteiger partial charge on any atom is -0.489 e. The first-order valence-corrected chi connectivity index (χ1v) is 46.6. The van der Waals surface area contributed by atoms with E-state index in [0.29, 0.717) is 187 Å². The van der Waals surface area contributed by atoms with Crippen molar-refractivity contribution >= 4 is 56.0 Å². The number of rotatable bonds is 36. The number of hydrogen-bond acceptors (Lipinski definition) is 29. The number of nitrogens with zero attached hydrogens (tertiary/aromatic N) is 13. The number of primary amides is 1. The van der Waals surface area contributed by atoms with Gasteiger partial charge in [0.15, 0.2) is 34.9 Å². The van der Waals surface area contributed by atoms with Crippen LogP contribution in [-0.4, -0.2) is 200 Å². The van der Waals surface area contributed by atoms with E-state index < -0.39 is 15.9 Å². The van der Waals surface area contributed by atoms with Crippen molar-refractivity contribution in [2.24, 2.45) is 40.1 Å². The van der Waals surface area contributed by atoms with Crippen LogP contribution in [0.25, 0.3) is 79.4 Å². The van der Waals surface area contributed by atoms with Crippen LogP contribution in [0.4, 0.5) is 32.2 Å². The number of aromatic amines is 3. The molecule has 0 radical (unpaired) electrons. The molecule has 1 amide bonds. The van der Waals surface area contributed by atoms with Gasteiger partial charge in [0.1, 0.15) is 91.6 Å². The Morgan fingerprint density at radius 3 is 1.35 bits per heavy atom. The predicted octanol–water partition coefficient (Wildman–Crippen LogP) is 15.6. The molecule has 17 rings (SSSR count). The number of carbonyl (C=O) groups is 1. The molecule has 1 aliphatic heterocycles. The molecule has 7 heterocycles.